The Morgan fingerprint density at radius 1 is 1.50 bits per heavy atom. The van der Waals surface area contributed by atoms with E-state index in [1.165, 1.54) is 30.5 Å². The summed E-state index contributed by atoms with van der Waals surface area (Å²) in [6, 6.07) is 2.83. The predicted molar refractivity (Wildman–Crippen MR) is 72.7 cm³/mol. The van der Waals surface area contributed by atoms with Gasteiger partial charge in [-0.3, -0.25) is 4.90 Å². The lowest BCUT2D eigenvalue weighted by atomic mass is 10.1. The molecular formula is C14H18N2OS. The molecule has 0 aromatic carbocycles. The molecule has 0 radical (unpaired) electrons. The smallest absolute Gasteiger partial charge is 0.138 e. The van der Waals surface area contributed by atoms with Gasteiger partial charge in [-0.15, -0.1) is 0 Å². The van der Waals surface area contributed by atoms with Crippen LogP contribution < -0.4 is 0 Å². The van der Waals surface area contributed by atoms with Crippen LogP contribution in [0.3, 0.4) is 0 Å². The Hall–Kier alpha value is -1.13. The van der Waals surface area contributed by atoms with Crippen LogP contribution in [0.5, 0.6) is 0 Å². The molecule has 0 saturated carbocycles. The highest BCUT2D eigenvalue weighted by atomic mass is 32.1. The second-order valence-electron chi connectivity index (χ2n) is 4.99. The highest BCUT2D eigenvalue weighted by Gasteiger charge is 2.27. The summed E-state index contributed by atoms with van der Waals surface area (Å²) in [4.78, 5) is 2.55. The molecule has 2 aromatic rings. The van der Waals surface area contributed by atoms with Gasteiger partial charge in [-0.05, 0) is 55.6 Å². The molecule has 0 unspecified atom stereocenters. The number of aromatic nitrogens is 1. The number of hydrogen-bond acceptors (Lipinski definition) is 4. The van der Waals surface area contributed by atoms with E-state index in [1.54, 1.807) is 11.3 Å². The molecule has 0 N–H and O–H groups in total. The first kappa shape index (κ1) is 11.9. The Kier molecular flexibility index (Phi) is 3.22. The maximum atomic E-state index is 5.26. The van der Waals surface area contributed by atoms with Crippen molar-refractivity contribution < 1.29 is 4.52 Å². The van der Waals surface area contributed by atoms with Gasteiger partial charge in [0.1, 0.15) is 5.76 Å². The topological polar surface area (TPSA) is 29.3 Å². The first-order valence-corrected chi connectivity index (χ1v) is 7.38. The third-order valence-electron chi connectivity index (χ3n) is 3.83. The van der Waals surface area contributed by atoms with Gasteiger partial charge in [-0.1, -0.05) is 5.16 Å². The fourth-order valence-corrected chi connectivity index (χ4v) is 3.50. The van der Waals surface area contributed by atoms with Crippen LogP contribution in [-0.2, 0) is 6.54 Å². The van der Waals surface area contributed by atoms with E-state index in [0.717, 1.165) is 18.0 Å². The molecule has 3 rings (SSSR count). The van der Waals surface area contributed by atoms with Crippen LogP contribution in [0.4, 0.5) is 0 Å². The zero-order valence-electron chi connectivity index (χ0n) is 10.8. The van der Waals surface area contributed by atoms with Crippen LogP contribution in [0, 0.1) is 13.8 Å². The van der Waals surface area contributed by atoms with Crippen LogP contribution in [0.25, 0.3) is 0 Å². The molecular weight excluding hydrogens is 244 g/mol. The first-order valence-electron chi connectivity index (χ1n) is 6.43. The maximum absolute atomic E-state index is 5.26. The van der Waals surface area contributed by atoms with E-state index >= 15 is 0 Å². The van der Waals surface area contributed by atoms with Crippen LogP contribution in [0.15, 0.2) is 21.3 Å². The van der Waals surface area contributed by atoms with Crippen molar-refractivity contribution in [2.75, 3.05) is 6.54 Å². The van der Waals surface area contributed by atoms with E-state index < -0.39 is 0 Å². The molecule has 4 heteroatoms. The summed E-state index contributed by atoms with van der Waals surface area (Å²) < 4.78 is 5.26. The van der Waals surface area contributed by atoms with Crippen LogP contribution in [-0.4, -0.2) is 16.6 Å². The third kappa shape index (κ3) is 2.10. The summed E-state index contributed by atoms with van der Waals surface area (Å²) in [5.74, 6) is 0.962. The maximum Gasteiger partial charge on any atom is 0.138 e. The summed E-state index contributed by atoms with van der Waals surface area (Å²) in [6.45, 7) is 6.17. The fourth-order valence-electron chi connectivity index (χ4n) is 2.79. The summed E-state index contributed by atoms with van der Waals surface area (Å²) >= 11 is 1.79. The van der Waals surface area contributed by atoms with Crippen molar-refractivity contribution in [3.63, 3.8) is 0 Å². The van der Waals surface area contributed by atoms with Gasteiger partial charge in [-0.2, -0.15) is 11.3 Å². The molecule has 1 saturated heterocycles. The highest BCUT2D eigenvalue weighted by Crippen LogP contribution is 2.34. The van der Waals surface area contributed by atoms with E-state index in [-0.39, 0.29) is 0 Å². The monoisotopic (exact) mass is 262 g/mol. The van der Waals surface area contributed by atoms with Crippen molar-refractivity contribution in [3.05, 3.63) is 39.4 Å². The Morgan fingerprint density at radius 3 is 3.06 bits per heavy atom. The van der Waals surface area contributed by atoms with Gasteiger partial charge in [0.2, 0.25) is 0 Å². The third-order valence-corrected chi connectivity index (χ3v) is 4.54. The van der Waals surface area contributed by atoms with E-state index in [9.17, 15) is 0 Å². The lowest BCUT2D eigenvalue weighted by molar-refractivity contribution is 0.247. The summed E-state index contributed by atoms with van der Waals surface area (Å²) in [5.41, 5.74) is 3.75. The molecule has 0 spiro atoms. The van der Waals surface area contributed by atoms with Gasteiger partial charge in [0.05, 0.1) is 5.69 Å². The molecule has 18 heavy (non-hydrogen) atoms. The molecule has 3 heterocycles. The van der Waals surface area contributed by atoms with Crippen molar-refractivity contribution in [2.45, 2.75) is 39.3 Å². The molecule has 1 atom stereocenters. The number of aryl methyl sites for hydroxylation is 2. The minimum atomic E-state index is 0.574. The fraction of sp³-hybridized carbons (Fsp3) is 0.500. The van der Waals surface area contributed by atoms with E-state index in [4.69, 9.17) is 4.52 Å². The largest absolute Gasteiger partial charge is 0.361 e. The molecule has 3 nitrogen and oxygen atoms in total. The number of hydrogen-bond donors (Lipinski definition) is 0. The van der Waals surface area contributed by atoms with Crippen molar-refractivity contribution in [1.29, 1.82) is 0 Å². The van der Waals surface area contributed by atoms with Crippen LogP contribution in [0.1, 0.15) is 41.5 Å². The van der Waals surface area contributed by atoms with Gasteiger partial charge in [0.25, 0.3) is 0 Å². The molecule has 0 amide bonds. The zero-order chi connectivity index (χ0) is 12.5. The second kappa shape index (κ2) is 4.86. The lowest BCUT2D eigenvalue weighted by Crippen LogP contribution is -2.23. The van der Waals surface area contributed by atoms with Gasteiger partial charge >= 0.3 is 0 Å². The minimum absolute atomic E-state index is 0.574. The van der Waals surface area contributed by atoms with E-state index in [1.807, 2.05) is 13.8 Å². The van der Waals surface area contributed by atoms with Crippen molar-refractivity contribution in [3.8, 4) is 0 Å². The second-order valence-corrected chi connectivity index (χ2v) is 5.77. The number of thiophene rings is 1. The number of likely N-dealkylation sites (tertiary alicyclic amines) is 1. The molecule has 0 bridgehead atoms. The van der Waals surface area contributed by atoms with Crippen molar-refractivity contribution >= 4 is 11.3 Å². The summed E-state index contributed by atoms with van der Waals surface area (Å²) in [6.07, 6.45) is 2.55. The van der Waals surface area contributed by atoms with Gasteiger partial charge in [0, 0.05) is 18.2 Å². The molecule has 1 aliphatic rings. The average Bonchev–Trinajstić information content (AvgIpc) is 3.06. The van der Waals surface area contributed by atoms with Gasteiger partial charge in [0.15, 0.2) is 0 Å². The molecule has 0 aliphatic carbocycles. The Morgan fingerprint density at radius 2 is 2.39 bits per heavy atom. The molecule has 1 fully saturated rings. The zero-order valence-corrected chi connectivity index (χ0v) is 11.7. The lowest BCUT2D eigenvalue weighted by Gasteiger charge is -2.23. The normalized spacial score (nSPS) is 20.7. The first-order chi connectivity index (χ1) is 8.75. The summed E-state index contributed by atoms with van der Waals surface area (Å²) in [7, 11) is 0. The Labute approximate surface area is 111 Å². The van der Waals surface area contributed by atoms with Crippen LogP contribution >= 0.6 is 11.3 Å². The molecule has 96 valence electrons. The average molecular weight is 262 g/mol. The van der Waals surface area contributed by atoms with Crippen LogP contribution in [0.2, 0.25) is 0 Å². The van der Waals surface area contributed by atoms with E-state index in [2.05, 4.69) is 26.9 Å². The molecule has 1 aliphatic heterocycles. The number of rotatable bonds is 3. The van der Waals surface area contributed by atoms with E-state index in [0.29, 0.717) is 6.04 Å². The van der Waals surface area contributed by atoms with Crippen molar-refractivity contribution in [1.82, 2.24) is 10.1 Å². The van der Waals surface area contributed by atoms with Gasteiger partial charge in [-0.25, -0.2) is 0 Å². The van der Waals surface area contributed by atoms with Gasteiger partial charge < -0.3 is 4.52 Å². The van der Waals surface area contributed by atoms with Crippen molar-refractivity contribution in [2.24, 2.45) is 0 Å². The Bertz CT molecular complexity index is 498. The SMILES string of the molecule is Cc1noc(C)c1CN1CCC[C@@H]1c1ccsc1. The minimum Gasteiger partial charge on any atom is -0.361 e. The summed E-state index contributed by atoms with van der Waals surface area (Å²) in [5, 5.41) is 8.49. The number of nitrogens with zero attached hydrogens (tertiary/aromatic N) is 2. The Balaban J connectivity index is 1.80. The molecule has 2 aromatic heterocycles. The predicted octanol–water partition coefficient (Wildman–Crippen LogP) is 3.69. The quantitative estimate of drug-likeness (QED) is 0.844. The standard InChI is InChI=1S/C14H18N2OS/c1-10-13(11(2)17-15-10)8-16-6-3-4-14(16)12-5-7-18-9-12/h5,7,9,14H,3-4,6,8H2,1-2H3/t14-/m1/s1. The highest BCUT2D eigenvalue weighted by molar-refractivity contribution is 7.07.